The van der Waals surface area contributed by atoms with Crippen molar-refractivity contribution in [2.75, 3.05) is 18.0 Å². The second-order valence-corrected chi connectivity index (χ2v) is 5.64. The molecular weight excluding hydrogens is 236 g/mol. The standard InChI is InChI=1S/C11H18N4OS/c12-10-4-5-15(14-10)8-11(16)13-7-9-3-1-2-6-17-9/h4-5,9H,1-3,6-8H2,(H2,12,14)(H,13,16). The molecule has 1 unspecified atom stereocenters. The van der Waals surface area contributed by atoms with Crippen molar-refractivity contribution in [1.82, 2.24) is 15.1 Å². The maximum absolute atomic E-state index is 11.6. The summed E-state index contributed by atoms with van der Waals surface area (Å²) in [6.45, 7) is 1.01. The summed E-state index contributed by atoms with van der Waals surface area (Å²) in [6.07, 6.45) is 5.51. The monoisotopic (exact) mass is 254 g/mol. The molecule has 94 valence electrons. The third-order valence-electron chi connectivity index (χ3n) is 2.77. The first-order valence-electron chi connectivity index (χ1n) is 5.91. The van der Waals surface area contributed by atoms with E-state index in [1.807, 2.05) is 11.8 Å². The van der Waals surface area contributed by atoms with Gasteiger partial charge in [0.25, 0.3) is 0 Å². The Labute approximate surface area is 105 Å². The minimum atomic E-state index is -0.000673. The maximum atomic E-state index is 11.6. The molecule has 2 heterocycles. The molecule has 0 radical (unpaired) electrons. The first-order valence-corrected chi connectivity index (χ1v) is 6.96. The van der Waals surface area contributed by atoms with Gasteiger partial charge in [0.15, 0.2) is 0 Å². The zero-order valence-electron chi connectivity index (χ0n) is 9.76. The quantitative estimate of drug-likeness (QED) is 0.836. The lowest BCUT2D eigenvalue weighted by Gasteiger charge is -2.21. The molecule has 1 amide bonds. The number of nitrogens with two attached hydrogens (primary N) is 1. The van der Waals surface area contributed by atoms with Gasteiger partial charge >= 0.3 is 0 Å². The fourth-order valence-corrected chi connectivity index (χ4v) is 3.10. The van der Waals surface area contributed by atoms with Crippen molar-refractivity contribution in [3.8, 4) is 0 Å². The lowest BCUT2D eigenvalue weighted by Crippen LogP contribution is -2.34. The minimum Gasteiger partial charge on any atom is -0.382 e. The van der Waals surface area contributed by atoms with Crippen molar-refractivity contribution in [3.05, 3.63) is 12.3 Å². The Balaban J connectivity index is 1.70. The topological polar surface area (TPSA) is 72.9 Å². The first-order chi connectivity index (χ1) is 8.24. The first kappa shape index (κ1) is 12.3. The third kappa shape index (κ3) is 3.96. The van der Waals surface area contributed by atoms with Crippen LogP contribution in [0.2, 0.25) is 0 Å². The fraction of sp³-hybridized carbons (Fsp3) is 0.636. The Kier molecular flexibility index (Phi) is 4.30. The SMILES string of the molecule is Nc1ccn(CC(=O)NCC2CCCCS2)n1. The van der Waals surface area contributed by atoms with Gasteiger partial charge in [0.1, 0.15) is 12.4 Å². The van der Waals surface area contributed by atoms with E-state index in [1.54, 1.807) is 16.9 Å². The van der Waals surface area contributed by atoms with Gasteiger partial charge in [0.05, 0.1) is 0 Å². The summed E-state index contributed by atoms with van der Waals surface area (Å²) in [5.41, 5.74) is 5.48. The summed E-state index contributed by atoms with van der Waals surface area (Å²) in [7, 11) is 0. The molecule has 0 saturated carbocycles. The van der Waals surface area contributed by atoms with Gasteiger partial charge in [-0.1, -0.05) is 6.42 Å². The molecule has 1 atom stereocenters. The molecule has 1 aliphatic heterocycles. The molecule has 3 N–H and O–H groups in total. The summed E-state index contributed by atoms with van der Waals surface area (Å²) in [5.74, 6) is 1.66. The van der Waals surface area contributed by atoms with Crippen molar-refractivity contribution in [2.45, 2.75) is 31.1 Å². The van der Waals surface area contributed by atoms with Crippen LogP contribution in [-0.4, -0.2) is 33.2 Å². The summed E-state index contributed by atoms with van der Waals surface area (Å²) in [4.78, 5) is 11.6. The number of thioether (sulfide) groups is 1. The summed E-state index contributed by atoms with van der Waals surface area (Å²) < 4.78 is 1.55. The Morgan fingerprint density at radius 1 is 1.65 bits per heavy atom. The highest BCUT2D eigenvalue weighted by atomic mass is 32.2. The molecule has 1 aromatic heterocycles. The number of hydrogen-bond acceptors (Lipinski definition) is 4. The van der Waals surface area contributed by atoms with Gasteiger partial charge in [-0.2, -0.15) is 16.9 Å². The number of nitrogen functional groups attached to an aromatic ring is 1. The number of anilines is 1. The number of hydrogen-bond donors (Lipinski definition) is 2. The molecule has 6 heteroatoms. The number of carbonyl (C=O) groups is 1. The van der Waals surface area contributed by atoms with Crippen LogP contribution < -0.4 is 11.1 Å². The average molecular weight is 254 g/mol. The summed E-state index contributed by atoms with van der Waals surface area (Å²) in [5, 5.41) is 7.50. The lowest BCUT2D eigenvalue weighted by atomic mass is 10.2. The molecule has 17 heavy (non-hydrogen) atoms. The molecule has 0 aromatic carbocycles. The van der Waals surface area contributed by atoms with Crippen LogP contribution in [0.5, 0.6) is 0 Å². The van der Waals surface area contributed by atoms with E-state index in [4.69, 9.17) is 5.73 Å². The average Bonchev–Trinajstić information content (AvgIpc) is 2.73. The van der Waals surface area contributed by atoms with Gasteiger partial charge in [-0.3, -0.25) is 9.48 Å². The predicted molar refractivity (Wildman–Crippen MR) is 69.7 cm³/mol. The lowest BCUT2D eigenvalue weighted by molar-refractivity contribution is -0.121. The van der Waals surface area contributed by atoms with Crippen molar-refractivity contribution in [2.24, 2.45) is 0 Å². The molecule has 1 fully saturated rings. The van der Waals surface area contributed by atoms with Crippen molar-refractivity contribution >= 4 is 23.5 Å². The normalized spacial score (nSPS) is 20.1. The number of nitrogens with zero attached hydrogens (tertiary/aromatic N) is 2. The van der Waals surface area contributed by atoms with Gasteiger partial charge in [-0.15, -0.1) is 0 Å². The Morgan fingerprint density at radius 2 is 2.53 bits per heavy atom. The molecule has 0 aliphatic carbocycles. The van der Waals surface area contributed by atoms with E-state index < -0.39 is 0 Å². The second kappa shape index (κ2) is 5.95. The van der Waals surface area contributed by atoms with Crippen molar-refractivity contribution in [3.63, 3.8) is 0 Å². The van der Waals surface area contributed by atoms with Crippen molar-refractivity contribution < 1.29 is 4.79 Å². The van der Waals surface area contributed by atoms with E-state index in [1.165, 1.54) is 25.0 Å². The van der Waals surface area contributed by atoms with Crippen LogP contribution in [0.25, 0.3) is 0 Å². The van der Waals surface area contributed by atoms with Crippen LogP contribution in [0.3, 0.4) is 0 Å². The molecule has 2 rings (SSSR count). The maximum Gasteiger partial charge on any atom is 0.241 e. The van der Waals surface area contributed by atoms with Crippen LogP contribution in [0, 0.1) is 0 Å². The fourth-order valence-electron chi connectivity index (χ4n) is 1.86. The molecule has 1 saturated heterocycles. The Hall–Kier alpha value is -1.17. The highest BCUT2D eigenvalue weighted by Gasteiger charge is 2.14. The number of amides is 1. The number of aromatic nitrogens is 2. The van der Waals surface area contributed by atoms with Gasteiger partial charge in [-0.25, -0.2) is 0 Å². The number of nitrogens with one attached hydrogen (secondary N) is 1. The van der Waals surface area contributed by atoms with E-state index in [9.17, 15) is 4.79 Å². The zero-order valence-corrected chi connectivity index (χ0v) is 10.6. The molecule has 0 bridgehead atoms. The van der Waals surface area contributed by atoms with Crippen LogP contribution in [0.15, 0.2) is 12.3 Å². The largest absolute Gasteiger partial charge is 0.382 e. The Morgan fingerprint density at radius 3 is 3.18 bits per heavy atom. The van der Waals surface area contributed by atoms with Gasteiger partial charge in [0.2, 0.25) is 5.91 Å². The number of carbonyl (C=O) groups excluding carboxylic acids is 1. The molecule has 5 nitrogen and oxygen atoms in total. The van der Waals surface area contributed by atoms with E-state index in [0.717, 1.165) is 6.54 Å². The highest BCUT2D eigenvalue weighted by Crippen LogP contribution is 2.24. The second-order valence-electron chi connectivity index (χ2n) is 4.23. The van der Waals surface area contributed by atoms with E-state index in [-0.39, 0.29) is 12.5 Å². The highest BCUT2D eigenvalue weighted by molar-refractivity contribution is 7.99. The van der Waals surface area contributed by atoms with Crippen LogP contribution in [-0.2, 0) is 11.3 Å². The van der Waals surface area contributed by atoms with Gasteiger partial charge < -0.3 is 11.1 Å². The minimum absolute atomic E-state index is 0.000673. The van der Waals surface area contributed by atoms with Gasteiger partial charge in [0, 0.05) is 18.0 Å². The molecular formula is C11H18N4OS. The Bertz CT molecular complexity index is 373. The van der Waals surface area contributed by atoms with Crippen LogP contribution in [0.1, 0.15) is 19.3 Å². The predicted octanol–water partition coefficient (Wildman–Crippen LogP) is 0.867. The molecule has 1 aromatic rings. The zero-order chi connectivity index (χ0) is 12.1. The molecule has 0 spiro atoms. The van der Waals surface area contributed by atoms with E-state index in [2.05, 4.69) is 10.4 Å². The van der Waals surface area contributed by atoms with Gasteiger partial charge in [-0.05, 0) is 24.7 Å². The number of rotatable bonds is 4. The summed E-state index contributed by atoms with van der Waals surface area (Å²) in [6, 6.07) is 1.68. The molecule has 1 aliphatic rings. The smallest absolute Gasteiger partial charge is 0.241 e. The summed E-state index contributed by atoms with van der Waals surface area (Å²) >= 11 is 1.96. The van der Waals surface area contributed by atoms with Crippen molar-refractivity contribution in [1.29, 1.82) is 0 Å². The van der Waals surface area contributed by atoms with Crippen LogP contribution >= 0.6 is 11.8 Å². The van der Waals surface area contributed by atoms with E-state index in [0.29, 0.717) is 11.1 Å². The van der Waals surface area contributed by atoms with E-state index >= 15 is 0 Å². The van der Waals surface area contributed by atoms with Crippen LogP contribution in [0.4, 0.5) is 5.82 Å². The third-order valence-corrected chi connectivity index (χ3v) is 4.17.